The van der Waals surface area contributed by atoms with Gasteiger partial charge < -0.3 is 20.1 Å². The summed E-state index contributed by atoms with van der Waals surface area (Å²) in [4.78, 5) is 1.67. The van der Waals surface area contributed by atoms with E-state index in [0.29, 0.717) is 35.8 Å². The van der Waals surface area contributed by atoms with Crippen molar-refractivity contribution in [1.82, 2.24) is 0 Å². The van der Waals surface area contributed by atoms with Gasteiger partial charge in [-0.3, -0.25) is 0 Å². The second-order valence-electron chi connectivity index (χ2n) is 5.09. The van der Waals surface area contributed by atoms with E-state index in [1.807, 2.05) is 0 Å². The van der Waals surface area contributed by atoms with E-state index in [1.165, 1.54) is 14.2 Å². The summed E-state index contributed by atoms with van der Waals surface area (Å²) in [6.07, 6.45) is -3.53. The molecule has 0 amide bonds. The average molecular weight is 304 g/mol. The van der Waals surface area contributed by atoms with Crippen LogP contribution in [0.15, 0.2) is 12.1 Å². The van der Waals surface area contributed by atoms with Gasteiger partial charge in [0.25, 0.3) is 0 Å². The van der Waals surface area contributed by atoms with Crippen molar-refractivity contribution in [3.63, 3.8) is 0 Å². The number of anilines is 2. The number of hydrogen-bond acceptors (Lipinski definition) is 4. The lowest BCUT2D eigenvalue weighted by Crippen LogP contribution is -2.42. The summed E-state index contributed by atoms with van der Waals surface area (Å²) in [5.41, 5.74) is 6.89. The number of nitrogens with two attached hydrogens (primary N) is 1. The van der Waals surface area contributed by atoms with Crippen molar-refractivity contribution in [3.05, 3.63) is 12.1 Å². The van der Waals surface area contributed by atoms with Crippen LogP contribution in [0.1, 0.15) is 12.8 Å². The van der Waals surface area contributed by atoms with Gasteiger partial charge in [-0.1, -0.05) is 0 Å². The molecular formula is C14H19F3N2O2. The molecular weight excluding hydrogens is 285 g/mol. The summed E-state index contributed by atoms with van der Waals surface area (Å²) in [5, 5.41) is 0. The van der Waals surface area contributed by atoms with Crippen molar-refractivity contribution in [1.29, 1.82) is 0 Å². The number of rotatable bonds is 3. The average Bonchev–Trinajstić information content (AvgIpc) is 2.46. The Morgan fingerprint density at radius 1 is 1.19 bits per heavy atom. The van der Waals surface area contributed by atoms with Crippen LogP contribution in [0.4, 0.5) is 24.5 Å². The summed E-state index contributed by atoms with van der Waals surface area (Å²) in [5.74, 6) is -0.405. The molecule has 7 heteroatoms. The third-order valence-electron chi connectivity index (χ3n) is 3.76. The number of nitrogen functional groups attached to an aromatic ring is 1. The zero-order valence-corrected chi connectivity index (χ0v) is 12.0. The second kappa shape index (κ2) is 5.91. The zero-order chi connectivity index (χ0) is 15.6. The molecule has 0 saturated carbocycles. The van der Waals surface area contributed by atoms with Crippen molar-refractivity contribution in [2.75, 3.05) is 37.9 Å². The molecule has 0 aromatic heterocycles. The standard InChI is InChI=1S/C14H19F3N2O2/c1-20-12-6-10(18)11(7-13(12)21-2)19-5-3-4-9(8-19)14(15,16)17/h6-7,9H,3-5,8,18H2,1-2H3. The molecule has 1 atom stereocenters. The van der Waals surface area contributed by atoms with Crippen LogP contribution in [-0.4, -0.2) is 33.5 Å². The zero-order valence-electron chi connectivity index (χ0n) is 12.0. The molecule has 0 radical (unpaired) electrons. The molecule has 0 bridgehead atoms. The fraction of sp³-hybridized carbons (Fsp3) is 0.571. The minimum absolute atomic E-state index is 0.0802. The van der Waals surface area contributed by atoms with Crippen LogP contribution in [0, 0.1) is 5.92 Å². The summed E-state index contributed by atoms with van der Waals surface area (Å²) < 4.78 is 49.0. The van der Waals surface area contributed by atoms with E-state index >= 15 is 0 Å². The Bertz CT molecular complexity index is 506. The molecule has 1 aromatic carbocycles. The van der Waals surface area contributed by atoms with Crippen LogP contribution in [0.25, 0.3) is 0 Å². The quantitative estimate of drug-likeness (QED) is 0.872. The largest absolute Gasteiger partial charge is 0.493 e. The summed E-state index contributed by atoms with van der Waals surface area (Å²) in [7, 11) is 2.96. The van der Waals surface area contributed by atoms with Crippen molar-refractivity contribution < 1.29 is 22.6 Å². The van der Waals surface area contributed by atoms with Crippen molar-refractivity contribution in [2.45, 2.75) is 19.0 Å². The lowest BCUT2D eigenvalue weighted by Gasteiger charge is -2.36. The Balaban J connectivity index is 2.29. The molecule has 1 aliphatic heterocycles. The molecule has 1 aliphatic rings. The van der Waals surface area contributed by atoms with Crippen LogP contribution in [-0.2, 0) is 0 Å². The van der Waals surface area contributed by atoms with Gasteiger partial charge in [0.2, 0.25) is 0 Å². The van der Waals surface area contributed by atoms with E-state index in [1.54, 1.807) is 17.0 Å². The Kier molecular flexibility index (Phi) is 4.39. The summed E-state index contributed by atoms with van der Waals surface area (Å²) in [6.45, 7) is 0.468. The first kappa shape index (κ1) is 15.6. The molecule has 1 unspecified atom stereocenters. The molecule has 2 N–H and O–H groups in total. The van der Waals surface area contributed by atoms with Crippen LogP contribution >= 0.6 is 0 Å². The third kappa shape index (κ3) is 3.28. The Labute approximate surface area is 121 Å². The maximum Gasteiger partial charge on any atom is 0.393 e. The molecule has 0 aliphatic carbocycles. The first-order valence-electron chi connectivity index (χ1n) is 6.70. The minimum Gasteiger partial charge on any atom is -0.493 e. The van der Waals surface area contributed by atoms with Gasteiger partial charge in [-0.2, -0.15) is 13.2 Å². The molecule has 1 aromatic rings. The molecule has 21 heavy (non-hydrogen) atoms. The number of hydrogen-bond donors (Lipinski definition) is 1. The van der Waals surface area contributed by atoms with Gasteiger partial charge in [-0.15, -0.1) is 0 Å². The molecule has 4 nitrogen and oxygen atoms in total. The lowest BCUT2D eigenvalue weighted by molar-refractivity contribution is -0.175. The van der Waals surface area contributed by atoms with Crippen molar-refractivity contribution in [2.24, 2.45) is 5.92 Å². The second-order valence-corrected chi connectivity index (χ2v) is 5.09. The van der Waals surface area contributed by atoms with E-state index in [2.05, 4.69) is 0 Å². The SMILES string of the molecule is COc1cc(N)c(N2CCCC(C(F)(F)F)C2)cc1OC. The molecule has 1 fully saturated rings. The fourth-order valence-corrected chi connectivity index (χ4v) is 2.62. The number of methoxy groups -OCH3 is 2. The van der Waals surface area contributed by atoms with Gasteiger partial charge in [-0.05, 0) is 12.8 Å². The van der Waals surface area contributed by atoms with Gasteiger partial charge in [0, 0.05) is 25.2 Å². The Morgan fingerprint density at radius 3 is 2.38 bits per heavy atom. The smallest absolute Gasteiger partial charge is 0.393 e. The first-order valence-corrected chi connectivity index (χ1v) is 6.70. The highest BCUT2D eigenvalue weighted by Crippen LogP contribution is 2.40. The highest BCUT2D eigenvalue weighted by molar-refractivity contribution is 5.73. The van der Waals surface area contributed by atoms with Crippen LogP contribution in [0.3, 0.4) is 0 Å². The monoisotopic (exact) mass is 304 g/mol. The van der Waals surface area contributed by atoms with E-state index in [4.69, 9.17) is 15.2 Å². The summed E-state index contributed by atoms with van der Waals surface area (Å²) >= 11 is 0. The number of halogens is 3. The molecule has 0 spiro atoms. The van der Waals surface area contributed by atoms with Crippen molar-refractivity contribution in [3.8, 4) is 11.5 Å². The normalized spacial score (nSPS) is 19.5. The number of nitrogens with zero attached hydrogens (tertiary/aromatic N) is 1. The minimum atomic E-state index is -4.18. The molecule has 1 heterocycles. The maximum atomic E-state index is 12.9. The predicted octanol–water partition coefficient (Wildman–Crippen LogP) is 3.06. The van der Waals surface area contributed by atoms with E-state index in [9.17, 15) is 13.2 Å². The van der Waals surface area contributed by atoms with E-state index < -0.39 is 12.1 Å². The lowest BCUT2D eigenvalue weighted by atomic mass is 9.97. The fourth-order valence-electron chi connectivity index (χ4n) is 2.62. The van der Waals surface area contributed by atoms with Gasteiger partial charge in [0.05, 0.1) is 31.5 Å². The van der Waals surface area contributed by atoms with E-state index in [0.717, 1.165) is 0 Å². The first-order chi connectivity index (χ1) is 9.86. The molecule has 2 rings (SSSR count). The van der Waals surface area contributed by atoms with Crippen LogP contribution in [0.5, 0.6) is 11.5 Å². The van der Waals surface area contributed by atoms with Crippen LogP contribution < -0.4 is 20.1 Å². The summed E-state index contributed by atoms with van der Waals surface area (Å²) in [6, 6.07) is 3.21. The Hall–Kier alpha value is -1.79. The van der Waals surface area contributed by atoms with Gasteiger partial charge in [0.1, 0.15) is 0 Å². The number of alkyl halides is 3. The number of piperidine rings is 1. The van der Waals surface area contributed by atoms with Crippen LogP contribution in [0.2, 0.25) is 0 Å². The highest BCUT2D eigenvalue weighted by atomic mass is 19.4. The molecule has 118 valence electrons. The van der Waals surface area contributed by atoms with Crippen molar-refractivity contribution >= 4 is 11.4 Å². The topological polar surface area (TPSA) is 47.7 Å². The molecule has 1 saturated heterocycles. The van der Waals surface area contributed by atoms with Gasteiger partial charge in [0.15, 0.2) is 11.5 Å². The third-order valence-corrected chi connectivity index (χ3v) is 3.76. The number of ether oxygens (including phenoxy) is 2. The van der Waals surface area contributed by atoms with Gasteiger partial charge in [-0.25, -0.2) is 0 Å². The van der Waals surface area contributed by atoms with E-state index in [-0.39, 0.29) is 13.0 Å². The predicted molar refractivity (Wildman–Crippen MR) is 75.0 cm³/mol. The maximum absolute atomic E-state index is 12.9. The highest BCUT2D eigenvalue weighted by Gasteiger charge is 2.42. The van der Waals surface area contributed by atoms with Gasteiger partial charge >= 0.3 is 6.18 Å². The number of benzene rings is 1. The Morgan fingerprint density at radius 2 is 1.81 bits per heavy atom.